The van der Waals surface area contributed by atoms with Crippen LogP contribution in [0, 0.1) is 6.92 Å². The van der Waals surface area contributed by atoms with E-state index in [1.54, 1.807) is 29.2 Å². The van der Waals surface area contributed by atoms with Crippen molar-refractivity contribution in [1.29, 1.82) is 0 Å². The standard InChI is InChI=1S/C19H14BrClN4O2/c1-11-15-8-14(21)6-7-16(15)27-17(11)18(26)23-19-22-10-25(24-19)9-12-2-4-13(20)5-3-12/h2-8,10H,9H2,1H3,(H,23,24,26). The normalized spacial score (nSPS) is 11.1. The van der Waals surface area contributed by atoms with Crippen LogP contribution in [0.1, 0.15) is 21.7 Å². The molecule has 0 aliphatic carbocycles. The van der Waals surface area contributed by atoms with Gasteiger partial charge in [-0.2, -0.15) is 0 Å². The molecule has 2 aromatic carbocycles. The first-order valence-electron chi connectivity index (χ1n) is 8.13. The van der Waals surface area contributed by atoms with E-state index >= 15 is 0 Å². The van der Waals surface area contributed by atoms with Gasteiger partial charge < -0.3 is 4.42 Å². The zero-order valence-electron chi connectivity index (χ0n) is 14.2. The van der Waals surface area contributed by atoms with Crippen LogP contribution in [-0.4, -0.2) is 20.7 Å². The van der Waals surface area contributed by atoms with Crippen LogP contribution in [0.5, 0.6) is 0 Å². The maximum Gasteiger partial charge on any atom is 0.294 e. The fourth-order valence-electron chi connectivity index (χ4n) is 2.77. The third-order valence-electron chi connectivity index (χ3n) is 4.12. The molecule has 4 rings (SSSR count). The van der Waals surface area contributed by atoms with Crippen LogP contribution in [0.2, 0.25) is 5.02 Å². The number of benzene rings is 2. The van der Waals surface area contributed by atoms with Crippen molar-refractivity contribution in [2.45, 2.75) is 13.5 Å². The van der Waals surface area contributed by atoms with E-state index in [-0.39, 0.29) is 11.7 Å². The lowest BCUT2D eigenvalue weighted by Gasteiger charge is -2.01. The minimum Gasteiger partial charge on any atom is -0.451 e. The quantitative estimate of drug-likeness (QED) is 0.477. The van der Waals surface area contributed by atoms with Crippen molar-refractivity contribution in [3.05, 3.63) is 75.2 Å². The molecule has 0 saturated carbocycles. The van der Waals surface area contributed by atoms with Crippen molar-refractivity contribution in [2.24, 2.45) is 0 Å². The summed E-state index contributed by atoms with van der Waals surface area (Å²) >= 11 is 9.43. The Morgan fingerprint density at radius 3 is 2.81 bits per heavy atom. The Labute approximate surface area is 168 Å². The number of aryl methyl sites for hydroxylation is 1. The van der Waals surface area contributed by atoms with E-state index < -0.39 is 5.91 Å². The summed E-state index contributed by atoms with van der Waals surface area (Å²) in [7, 11) is 0. The van der Waals surface area contributed by atoms with Gasteiger partial charge >= 0.3 is 0 Å². The summed E-state index contributed by atoms with van der Waals surface area (Å²) in [5.41, 5.74) is 2.40. The smallest absolute Gasteiger partial charge is 0.294 e. The van der Waals surface area contributed by atoms with Crippen molar-refractivity contribution in [3.63, 3.8) is 0 Å². The third kappa shape index (κ3) is 3.74. The lowest BCUT2D eigenvalue weighted by molar-refractivity contribution is 0.0997. The van der Waals surface area contributed by atoms with Gasteiger partial charge in [-0.3, -0.25) is 10.1 Å². The number of hydrogen-bond acceptors (Lipinski definition) is 4. The highest BCUT2D eigenvalue weighted by molar-refractivity contribution is 9.10. The van der Waals surface area contributed by atoms with Crippen molar-refractivity contribution >= 4 is 50.4 Å². The second kappa shape index (κ2) is 7.17. The number of halogens is 2. The highest BCUT2D eigenvalue weighted by Crippen LogP contribution is 2.28. The van der Waals surface area contributed by atoms with Crippen molar-refractivity contribution < 1.29 is 9.21 Å². The fraction of sp³-hybridized carbons (Fsp3) is 0.105. The molecular formula is C19H14BrClN4O2. The first-order chi connectivity index (χ1) is 13.0. The third-order valence-corrected chi connectivity index (χ3v) is 4.89. The Balaban J connectivity index is 1.51. The molecule has 0 saturated heterocycles. The molecule has 0 atom stereocenters. The summed E-state index contributed by atoms with van der Waals surface area (Å²) in [4.78, 5) is 16.7. The monoisotopic (exact) mass is 444 g/mol. The van der Waals surface area contributed by atoms with Crippen LogP contribution in [-0.2, 0) is 6.54 Å². The molecule has 27 heavy (non-hydrogen) atoms. The second-order valence-electron chi connectivity index (χ2n) is 6.04. The van der Waals surface area contributed by atoms with Gasteiger partial charge in [0.15, 0.2) is 5.76 Å². The summed E-state index contributed by atoms with van der Waals surface area (Å²) in [6.07, 6.45) is 1.57. The highest BCUT2D eigenvalue weighted by Gasteiger charge is 2.19. The lowest BCUT2D eigenvalue weighted by atomic mass is 10.1. The van der Waals surface area contributed by atoms with Crippen LogP contribution in [0.15, 0.2) is 57.7 Å². The molecule has 1 N–H and O–H groups in total. The van der Waals surface area contributed by atoms with E-state index in [2.05, 4.69) is 31.3 Å². The average Bonchev–Trinajstić information content (AvgIpc) is 3.21. The number of carbonyl (C=O) groups excluding carboxylic acids is 1. The van der Waals surface area contributed by atoms with Crippen molar-refractivity contribution in [3.8, 4) is 0 Å². The summed E-state index contributed by atoms with van der Waals surface area (Å²) in [5, 5.41) is 8.36. The van der Waals surface area contributed by atoms with Gasteiger partial charge in [-0.1, -0.05) is 39.7 Å². The average molecular weight is 446 g/mol. The molecule has 136 valence electrons. The van der Waals surface area contributed by atoms with Gasteiger partial charge in [0.1, 0.15) is 11.9 Å². The number of rotatable bonds is 4. The summed E-state index contributed by atoms with van der Waals surface area (Å²) < 4.78 is 8.34. The van der Waals surface area contributed by atoms with Crippen molar-refractivity contribution in [1.82, 2.24) is 14.8 Å². The highest BCUT2D eigenvalue weighted by atomic mass is 79.9. The van der Waals surface area contributed by atoms with E-state index in [9.17, 15) is 4.79 Å². The van der Waals surface area contributed by atoms with E-state index in [0.717, 1.165) is 21.0 Å². The Morgan fingerprint density at radius 2 is 2.04 bits per heavy atom. The lowest BCUT2D eigenvalue weighted by Crippen LogP contribution is -2.13. The van der Waals surface area contributed by atoms with Gasteiger partial charge in [0.25, 0.3) is 5.91 Å². The maximum atomic E-state index is 12.6. The molecule has 0 fully saturated rings. The number of fused-ring (bicyclic) bond motifs is 1. The molecule has 2 aromatic heterocycles. The number of nitrogens with one attached hydrogen (secondary N) is 1. The van der Waals surface area contributed by atoms with E-state index in [1.165, 1.54) is 0 Å². The Hall–Kier alpha value is -2.64. The minimum atomic E-state index is -0.402. The number of amides is 1. The first-order valence-corrected chi connectivity index (χ1v) is 9.30. The van der Waals surface area contributed by atoms with Crippen LogP contribution in [0.3, 0.4) is 0 Å². The topological polar surface area (TPSA) is 73.0 Å². The van der Waals surface area contributed by atoms with Gasteiger partial charge in [0, 0.05) is 20.4 Å². The van der Waals surface area contributed by atoms with E-state index in [0.29, 0.717) is 17.2 Å². The molecule has 8 heteroatoms. The minimum absolute atomic E-state index is 0.218. The molecule has 6 nitrogen and oxygen atoms in total. The molecule has 0 radical (unpaired) electrons. The van der Waals surface area contributed by atoms with Crippen LogP contribution >= 0.6 is 27.5 Å². The van der Waals surface area contributed by atoms with E-state index in [4.69, 9.17) is 16.0 Å². The first kappa shape index (κ1) is 17.8. The second-order valence-corrected chi connectivity index (χ2v) is 7.40. The number of anilines is 1. The number of aromatic nitrogens is 3. The van der Waals surface area contributed by atoms with Crippen LogP contribution in [0.25, 0.3) is 11.0 Å². The van der Waals surface area contributed by atoms with Gasteiger partial charge in [-0.15, -0.1) is 5.10 Å². The number of carbonyl (C=O) groups is 1. The molecule has 0 bridgehead atoms. The summed E-state index contributed by atoms with van der Waals surface area (Å²) in [6, 6.07) is 13.2. The molecule has 0 aliphatic heterocycles. The SMILES string of the molecule is Cc1c(C(=O)Nc2ncn(Cc3ccc(Br)cc3)n2)oc2ccc(Cl)cc12. The Morgan fingerprint density at radius 1 is 1.26 bits per heavy atom. The molecule has 2 heterocycles. The summed E-state index contributed by atoms with van der Waals surface area (Å²) in [6.45, 7) is 2.37. The number of hydrogen-bond donors (Lipinski definition) is 1. The molecule has 0 unspecified atom stereocenters. The Bertz CT molecular complexity index is 1130. The fourth-order valence-corrected chi connectivity index (χ4v) is 3.21. The van der Waals surface area contributed by atoms with E-state index in [1.807, 2.05) is 31.2 Å². The van der Waals surface area contributed by atoms with Gasteiger partial charge in [0.2, 0.25) is 5.95 Å². The van der Waals surface area contributed by atoms with Crippen LogP contribution < -0.4 is 5.32 Å². The Kier molecular flexibility index (Phi) is 4.72. The molecule has 0 spiro atoms. The van der Waals surface area contributed by atoms with Gasteiger partial charge in [0.05, 0.1) is 6.54 Å². The molecular weight excluding hydrogens is 432 g/mol. The zero-order chi connectivity index (χ0) is 19.0. The molecule has 1 amide bonds. The maximum absolute atomic E-state index is 12.6. The van der Waals surface area contributed by atoms with Gasteiger partial charge in [-0.05, 0) is 42.8 Å². The summed E-state index contributed by atoms with van der Waals surface area (Å²) in [5.74, 6) is 0.0349. The number of nitrogens with zero attached hydrogens (tertiary/aromatic N) is 3. The largest absolute Gasteiger partial charge is 0.451 e. The van der Waals surface area contributed by atoms with Crippen LogP contribution in [0.4, 0.5) is 5.95 Å². The molecule has 0 aliphatic rings. The predicted molar refractivity (Wildman–Crippen MR) is 107 cm³/mol. The van der Waals surface area contributed by atoms with Gasteiger partial charge in [-0.25, -0.2) is 9.67 Å². The zero-order valence-corrected chi connectivity index (χ0v) is 16.6. The van der Waals surface area contributed by atoms with Crippen molar-refractivity contribution in [2.75, 3.05) is 5.32 Å². The number of furan rings is 1. The predicted octanol–water partition coefficient (Wildman–Crippen LogP) is 5.05. The molecule has 4 aromatic rings.